The molecule has 0 aromatic carbocycles. The fourth-order valence-corrected chi connectivity index (χ4v) is 2.01. The normalized spacial score (nSPS) is 11.3. The van der Waals surface area contributed by atoms with Crippen LogP contribution < -0.4 is 10.2 Å². The highest BCUT2D eigenvalue weighted by atomic mass is 32.2. The molecule has 1 heterocycles. The van der Waals surface area contributed by atoms with Crippen molar-refractivity contribution in [3.8, 4) is 0 Å². The molecule has 0 unspecified atom stereocenters. The average Bonchev–Trinajstić information content (AvgIpc) is 2.24. The first-order valence-corrected chi connectivity index (χ1v) is 7.86. The van der Waals surface area contributed by atoms with Crippen LogP contribution in [0.15, 0.2) is 6.07 Å². The van der Waals surface area contributed by atoms with Gasteiger partial charge in [-0.3, -0.25) is 0 Å². The molecule has 0 atom stereocenters. The highest BCUT2D eigenvalue weighted by molar-refractivity contribution is 7.90. The van der Waals surface area contributed by atoms with Crippen molar-refractivity contribution in [2.75, 3.05) is 42.4 Å². The monoisotopic (exact) mass is 272 g/mol. The van der Waals surface area contributed by atoms with E-state index in [2.05, 4.69) is 15.3 Å². The Labute approximate surface area is 108 Å². The van der Waals surface area contributed by atoms with Crippen LogP contribution in [0.3, 0.4) is 0 Å². The second-order valence-corrected chi connectivity index (χ2v) is 6.53. The Morgan fingerprint density at radius 2 is 2.06 bits per heavy atom. The van der Waals surface area contributed by atoms with Gasteiger partial charge in [0.05, 0.1) is 5.75 Å². The van der Waals surface area contributed by atoms with Gasteiger partial charge in [0.2, 0.25) is 5.95 Å². The largest absolute Gasteiger partial charge is 0.358 e. The number of aromatic nitrogens is 2. The molecule has 7 heteroatoms. The standard InChI is InChI=1S/C11H20N4O2S/c1-5-12-11-13-9(2)8-10(14-11)15(3)6-7-18(4,16)17/h8H,5-7H2,1-4H3,(H,12,13,14). The molecule has 1 aromatic rings. The van der Waals surface area contributed by atoms with Crippen LogP contribution in [0, 0.1) is 6.92 Å². The SMILES string of the molecule is CCNc1nc(C)cc(N(C)CCS(C)(=O)=O)n1. The van der Waals surface area contributed by atoms with Gasteiger partial charge in [-0.25, -0.2) is 13.4 Å². The molecule has 0 saturated heterocycles. The van der Waals surface area contributed by atoms with E-state index in [1.54, 1.807) is 0 Å². The summed E-state index contributed by atoms with van der Waals surface area (Å²) in [6.07, 6.45) is 1.23. The summed E-state index contributed by atoms with van der Waals surface area (Å²) in [5.74, 6) is 1.41. The van der Waals surface area contributed by atoms with E-state index in [4.69, 9.17) is 0 Å². The third-order valence-electron chi connectivity index (χ3n) is 2.36. The minimum atomic E-state index is -2.96. The number of anilines is 2. The first-order chi connectivity index (χ1) is 8.31. The Morgan fingerprint density at radius 1 is 1.39 bits per heavy atom. The van der Waals surface area contributed by atoms with Gasteiger partial charge in [0, 0.05) is 38.2 Å². The Balaban J connectivity index is 2.81. The number of aryl methyl sites for hydroxylation is 1. The van der Waals surface area contributed by atoms with Crippen LogP contribution in [0.1, 0.15) is 12.6 Å². The molecule has 1 aromatic heterocycles. The first kappa shape index (κ1) is 14.7. The molecule has 6 nitrogen and oxygen atoms in total. The first-order valence-electron chi connectivity index (χ1n) is 5.80. The minimum absolute atomic E-state index is 0.114. The lowest BCUT2D eigenvalue weighted by molar-refractivity contribution is 0.601. The van der Waals surface area contributed by atoms with E-state index in [1.165, 1.54) is 6.26 Å². The fraction of sp³-hybridized carbons (Fsp3) is 0.636. The van der Waals surface area contributed by atoms with E-state index >= 15 is 0 Å². The molecule has 0 aliphatic rings. The third-order valence-corrected chi connectivity index (χ3v) is 3.29. The summed E-state index contributed by atoms with van der Waals surface area (Å²) < 4.78 is 22.3. The number of nitrogens with one attached hydrogen (secondary N) is 1. The molecule has 102 valence electrons. The second-order valence-electron chi connectivity index (χ2n) is 4.27. The molecule has 1 N–H and O–H groups in total. The zero-order chi connectivity index (χ0) is 13.8. The lowest BCUT2D eigenvalue weighted by Gasteiger charge is -2.18. The molecule has 0 aliphatic carbocycles. The van der Waals surface area contributed by atoms with E-state index in [9.17, 15) is 8.42 Å². The molecule has 18 heavy (non-hydrogen) atoms. The average molecular weight is 272 g/mol. The molecule has 0 bridgehead atoms. The van der Waals surface area contributed by atoms with Crippen LogP contribution >= 0.6 is 0 Å². The smallest absolute Gasteiger partial charge is 0.224 e. The van der Waals surface area contributed by atoms with Crippen LogP contribution in [-0.4, -0.2) is 50.5 Å². The van der Waals surface area contributed by atoms with Crippen molar-refractivity contribution in [2.45, 2.75) is 13.8 Å². The van der Waals surface area contributed by atoms with Crippen LogP contribution in [0.2, 0.25) is 0 Å². The number of rotatable bonds is 6. The summed E-state index contributed by atoms with van der Waals surface area (Å²) in [7, 11) is -1.14. The van der Waals surface area contributed by atoms with Gasteiger partial charge in [-0.15, -0.1) is 0 Å². The maximum atomic E-state index is 11.1. The van der Waals surface area contributed by atoms with Crippen LogP contribution in [0.5, 0.6) is 0 Å². The molecule has 0 saturated carbocycles. The maximum absolute atomic E-state index is 11.1. The van der Waals surface area contributed by atoms with Crippen molar-refractivity contribution >= 4 is 21.6 Å². The lowest BCUT2D eigenvalue weighted by atomic mass is 10.4. The summed E-state index contributed by atoms with van der Waals surface area (Å²) in [4.78, 5) is 10.4. The summed E-state index contributed by atoms with van der Waals surface area (Å²) in [5, 5.41) is 3.05. The third kappa shape index (κ3) is 4.87. The molecule has 0 aliphatic heterocycles. The lowest BCUT2D eigenvalue weighted by Crippen LogP contribution is -2.26. The van der Waals surface area contributed by atoms with Gasteiger partial charge in [0.25, 0.3) is 0 Å². The van der Waals surface area contributed by atoms with Crippen molar-refractivity contribution in [3.63, 3.8) is 0 Å². The maximum Gasteiger partial charge on any atom is 0.224 e. The zero-order valence-corrected chi connectivity index (χ0v) is 12.1. The van der Waals surface area contributed by atoms with E-state index in [-0.39, 0.29) is 5.75 Å². The van der Waals surface area contributed by atoms with Gasteiger partial charge >= 0.3 is 0 Å². The van der Waals surface area contributed by atoms with Gasteiger partial charge in [-0.1, -0.05) is 0 Å². The predicted molar refractivity (Wildman–Crippen MR) is 73.9 cm³/mol. The van der Waals surface area contributed by atoms with Crippen LogP contribution in [0.4, 0.5) is 11.8 Å². The van der Waals surface area contributed by atoms with Gasteiger partial charge < -0.3 is 10.2 Å². The quantitative estimate of drug-likeness (QED) is 0.821. The number of sulfone groups is 1. The molecule has 1 rings (SSSR count). The van der Waals surface area contributed by atoms with E-state index in [1.807, 2.05) is 31.9 Å². The Bertz CT molecular complexity index is 502. The topological polar surface area (TPSA) is 75.2 Å². The van der Waals surface area contributed by atoms with Gasteiger partial charge in [0.15, 0.2) is 0 Å². The van der Waals surface area contributed by atoms with E-state index in [0.29, 0.717) is 12.5 Å². The Morgan fingerprint density at radius 3 is 2.61 bits per heavy atom. The Kier molecular flexibility index (Phi) is 4.89. The molecule has 0 fully saturated rings. The van der Waals surface area contributed by atoms with Crippen molar-refractivity contribution in [1.82, 2.24) is 9.97 Å². The van der Waals surface area contributed by atoms with Crippen molar-refractivity contribution < 1.29 is 8.42 Å². The van der Waals surface area contributed by atoms with Crippen LogP contribution in [0.25, 0.3) is 0 Å². The summed E-state index contributed by atoms with van der Waals surface area (Å²) in [5.41, 5.74) is 0.849. The highest BCUT2D eigenvalue weighted by Gasteiger charge is 2.09. The summed E-state index contributed by atoms with van der Waals surface area (Å²) in [6.45, 7) is 5.02. The van der Waals surface area contributed by atoms with Gasteiger partial charge in [-0.05, 0) is 13.8 Å². The summed E-state index contributed by atoms with van der Waals surface area (Å²) in [6, 6.07) is 1.84. The molecule has 0 radical (unpaired) electrons. The number of hydrogen-bond donors (Lipinski definition) is 1. The highest BCUT2D eigenvalue weighted by Crippen LogP contribution is 2.13. The molecule has 0 spiro atoms. The number of hydrogen-bond acceptors (Lipinski definition) is 6. The van der Waals surface area contributed by atoms with E-state index < -0.39 is 9.84 Å². The van der Waals surface area contributed by atoms with Gasteiger partial charge in [0.1, 0.15) is 15.7 Å². The minimum Gasteiger partial charge on any atom is -0.358 e. The molecular formula is C11H20N4O2S. The van der Waals surface area contributed by atoms with Crippen molar-refractivity contribution in [2.24, 2.45) is 0 Å². The molecular weight excluding hydrogens is 252 g/mol. The van der Waals surface area contributed by atoms with E-state index in [0.717, 1.165) is 18.1 Å². The fourth-order valence-electron chi connectivity index (χ4n) is 1.40. The number of nitrogens with zero attached hydrogens (tertiary/aromatic N) is 3. The second kappa shape index (κ2) is 5.99. The Hall–Kier alpha value is -1.37. The predicted octanol–water partition coefficient (Wildman–Crippen LogP) is 0.698. The van der Waals surface area contributed by atoms with Crippen molar-refractivity contribution in [3.05, 3.63) is 11.8 Å². The summed E-state index contributed by atoms with van der Waals surface area (Å²) >= 11 is 0. The molecule has 0 amide bonds. The van der Waals surface area contributed by atoms with Crippen molar-refractivity contribution in [1.29, 1.82) is 0 Å². The van der Waals surface area contributed by atoms with Crippen LogP contribution in [-0.2, 0) is 9.84 Å². The zero-order valence-electron chi connectivity index (χ0n) is 11.3. The van der Waals surface area contributed by atoms with Gasteiger partial charge in [-0.2, -0.15) is 4.98 Å².